The molecule has 0 spiro atoms. The molecule has 2 nitrogen and oxygen atoms in total. The lowest BCUT2D eigenvalue weighted by Gasteiger charge is -2.20. The third-order valence-electron chi connectivity index (χ3n) is 3.36. The zero-order valence-corrected chi connectivity index (χ0v) is 15.5. The molecule has 21 heavy (non-hydrogen) atoms. The van der Waals surface area contributed by atoms with E-state index in [-0.39, 0.29) is 6.04 Å². The molecule has 0 aliphatic carbocycles. The summed E-state index contributed by atoms with van der Waals surface area (Å²) in [5.41, 5.74) is 3.57. The van der Waals surface area contributed by atoms with E-state index in [4.69, 9.17) is 0 Å². The first kappa shape index (κ1) is 16.7. The van der Waals surface area contributed by atoms with Gasteiger partial charge >= 0.3 is 0 Å². The van der Waals surface area contributed by atoms with Crippen molar-refractivity contribution in [3.8, 4) is 0 Å². The van der Waals surface area contributed by atoms with Gasteiger partial charge in [-0.05, 0) is 55.3 Å². The highest BCUT2D eigenvalue weighted by molar-refractivity contribution is 9.11. The van der Waals surface area contributed by atoms with E-state index in [0.717, 1.165) is 34.0 Å². The van der Waals surface area contributed by atoms with Gasteiger partial charge < -0.3 is 5.32 Å². The minimum absolute atomic E-state index is 0.257. The minimum atomic E-state index is 0.257. The van der Waals surface area contributed by atoms with Crippen molar-refractivity contribution >= 4 is 31.9 Å². The summed E-state index contributed by atoms with van der Waals surface area (Å²) in [4.78, 5) is 4.54. The van der Waals surface area contributed by atoms with Crippen LogP contribution in [0.3, 0.4) is 0 Å². The zero-order chi connectivity index (χ0) is 15.2. The fourth-order valence-corrected chi connectivity index (χ4v) is 3.12. The fourth-order valence-electron chi connectivity index (χ4n) is 2.22. The van der Waals surface area contributed by atoms with Gasteiger partial charge in [0.05, 0.1) is 0 Å². The van der Waals surface area contributed by atoms with Gasteiger partial charge in [-0.15, -0.1) is 0 Å². The number of hydrogen-bond acceptors (Lipinski definition) is 2. The molecule has 1 N–H and O–H groups in total. The molecule has 0 saturated carbocycles. The van der Waals surface area contributed by atoms with E-state index in [0.29, 0.717) is 0 Å². The molecule has 1 heterocycles. The lowest BCUT2D eigenvalue weighted by Crippen LogP contribution is -2.24. The molecule has 4 heteroatoms. The van der Waals surface area contributed by atoms with E-state index in [2.05, 4.69) is 86.3 Å². The number of pyridine rings is 1. The molecule has 0 aliphatic heterocycles. The normalized spacial score (nSPS) is 12.4. The van der Waals surface area contributed by atoms with Crippen LogP contribution in [0.25, 0.3) is 0 Å². The van der Waals surface area contributed by atoms with Gasteiger partial charge in [0.15, 0.2) is 0 Å². The van der Waals surface area contributed by atoms with Crippen LogP contribution in [0.1, 0.15) is 36.2 Å². The van der Waals surface area contributed by atoms with Crippen molar-refractivity contribution in [1.82, 2.24) is 10.3 Å². The van der Waals surface area contributed by atoms with Gasteiger partial charge in [-0.3, -0.25) is 4.98 Å². The number of halogens is 2. The molecule has 0 amide bonds. The van der Waals surface area contributed by atoms with E-state index in [1.54, 1.807) is 0 Å². The molecule has 0 radical (unpaired) electrons. The van der Waals surface area contributed by atoms with E-state index in [9.17, 15) is 0 Å². The maximum Gasteiger partial charge on any atom is 0.0422 e. The molecule has 1 atom stereocenters. The molecule has 0 saturated heterocycles. The van der Waals surface area contributed by atoms with E-state index in [1.165, 1.54) is 11.1 Å². The summed E-state index contributed by atoms with van der Waals surface area (Å²) >= 11 is 7.23. The van der Waals surface area contributed by atoms with Crippen molar-refractivity contribution in [2.75, 3.05) is 6.54 Å². The van der Waals surface area contributed by atoms with E-state index in [1.807, 2.05) is 6.20 Å². The smallest absolute Gasteiger partial charge is 0.0422 e. The molecule has 1 unspecified atom stereocenters. The number of benzene rings is 1. The monoisotopic (exact) mass is 410 g/mol. The Hall–Kier alpha value is -0.710. The molecule has 0 bridgehead atoms. The molecule has 1 aromatic carbocycles. The largest absolute Gasteiger partial charge is 0.310 e. The molecular formula is C17H20Br2N2. The molecule has 2 rings (SSSR count). The van der Waals surface area contributed by atoms with Gasteiger partial charge in [-0.1, -0.05) is 44.8 Å². The Labute approximate surface area is 143 Å². The van der Waals surface area contributed by atoms with Crippen LogP contribution in [0, 0.1) is 6.92 Å². The first-order valence-electron chi connectivity index (χ1n) is 7.20. The number of hydrogen-bond donors (Lipinski definition) is 1. The van der Waals surface area contributed by atoms with Crippen molar-refractivity contribution < 1.29 is 0 Å². The fraction of sp³-hybridized carbons (Fsp3) is 0.353. The molecule has 0 fully saturated rings. The number of aromatic nitrogens is 1. The van der Waals surface area contributed by atoms with Crippen LogP contribution in [-0.2, 0) is 6.42 Å². The van der Waals surface area contributed by atoms with Crippen molar-refractivity contribution in [1.29, 1.82) is 0 Å². The Kier molecular flexibility index (Phi) is 6.40. The minimum Gasteiger partial charge on any atom is -0.310 e. The number of nitrogens with zero attached hydrogens (tertiary/aromatic N) is 1. The highest BCUT2D eigenvalue weighted by atomic mass is 79.9. The second kappa shape index (κ2) is 8.06. The zero-order valence-electron chi connectivity index (χ0n) is 12.4. The van der Waals surface area contributed by atoms with Crippen LogP contribution in [0.2, 0.25) is 0 Å². The standard InChI is InChI=1S/C17H20Br2N2/c1-3-8-20-17(10-14-6-4-12(2)11-21-14)15-9-13(18)5-7-16(15)19/h4-7,9,11,17,20H,3,8,10H2,1-2H3. The number of rotatable bonds is 6. The Bertz CT molecular complexity index is 582. The van der Waals surface area contributed by atoms with Crippen molar-refractivity contribution in [2.45, 2.75) is 32.7 Å². The van der Waals surface area contributed by atoms with Crippen LogP contribution < -0.4 is 5.32 Å². The van der Waals surface area contributed by atoms with Gasteiger partial charge in [0.1, 0.15) is 0 Å². The summed E-state index contributed by atoms with van der Waals surface area (Å²) in [5.74, 6) is 0. The Morgan fingerprint density at radius 3 is 2.67 bits per heavy atom. The van der Waals surface area contributed by atoms with Gasteiger partial charge in [0, 0.05) is 33.3 Å². The van der Waals surface area contributed by atoms with Crippen LogP contribution in [0.4, 0.5) is 0 Å². The van der Waals surface area contributed by atoms with Gasteiger partial charge in [-0.2, -0.15) is 0 Å². The first-order valence-corrected chi connectivity index (χ1v) is 8.78. The van der Waals surface area contributed by atoms with Crippen LogP contribution in [0.15, 0.2) is 45.5 Å². The molecule has 112 valence electrons. The quantitative estimate of drug-likeness (QED) is 0.706. The summed E-state index contributed by atoms with van der Waals surface area (Å²) < 4.78 is 2.23. The summed E-state index contributed by atoms with van der Waals surface area (Å²) in [6, 6.07) is 10.8. The van der Waals surface area contributed by atoms with Gasteiger partial charge in [0.25, 0.3) is 0 Å². The Balaban J connectivity index is 2.25. The SMILES string of the molecule is CCCNC(Cc1ccc(C)cn1)c1cc(Br)ccc1Br. The number of nitrogens with one attached hydrogen (secondary N) is 1. The predicted octanol–water partition coefficient (Wildman–Crippen LogP) is 5.20. The summed E-state index contributed by atoms with van der Waals surface area (Å²) in [7, 11) is 0. The van der Waals surface area contributed by atoms with E-state index >= 15 is 0 Å². The third-order valence-corrected chi connectivity index (χ3v) is 4.58. The average Bonchev–Trinajstić information content (AvgIpc) is 2.48. The summed E-state index contributed by atoms with van der Waals surface area (Å²) in [5, 5.41) is 3.63. The maximum absolute atomic E-state index is 4.54. The first-order chi connectivity index (χ1) is 10.1. The van der Waals surface area contributed by atoms with Crippen molar-refractivity contribution in [3.63, 3.8) is 0 Å². The lowest BCUT2D eigenvalue weighted by atomic mass is 10.0. The second-order valence-corrected chi connectivity index (χ2v) is 6.97. The van der Waals surface area contributed by atoms with Gasteiger partial charge in [0.2, 0.25) is 0 Å². The van der Waals surface area contributed by atoms with Gasteiger partial charge in [-0.25, -0.2) is 0 Å². The van der Waals surface area contributed by atoms with E-state index < -0.39 is 0 Å². The Morgan fingerprint density at radius 1 is 1.19 bits per heavy atom. The molecule has 0 aliphatic rings. The molecular weight excluding hydrogens is 392 g/mol. The lowest BCUT2D eigenvalue weighted by molar-refractivity contribution is 0.522. The molecule has 1 aromatic heterocycles. The Morgan fingerprint density at radius 2 is 2.00 bits per heavy atom. The highest BCUT2D eigenvalue weighted by Crippen LogP contribution is 2.29. The van der Waals surface area contributed by atoms with Crippen molar-refractivity contribution in [2.24, 2.45) is 0 Å². The topological polar surface area (TPSA) is 24.9 Å². The highest BCUT2D eigenvalue weighted by Gasteiger charge is 2.15. The summed E-state index contributed by atoms with van der Waals surface area (Å²) in [6.07, 6.45) is 3.93. The third kappa shape index (κ3) is 4.90. The van der Waals surface area contributed by atoms with Crippen LogP contribution >= 0.6 is 31.9 Å². The maximum atomic E-state index is 4.54. The molecule has 2 aromatic rings. The second-order valence-electron chi connectivity index (χ2n) is 5.20. The van der Waals surface area contributed by atoms with Crippen molar-refractivity contribution in [3.05, 3.63) is 62.3 Å². The van der Waals surface area contributed by atoms with Crippen LogP contribution in [0.5, 0.6) is 0 Å². The average molecular weight is 412 g/mol. The summed E-state index contributed by atoms with van der Waals surface area (Å²) in [6.45, 7) is 5.24. The number of aryl methyl sites for hydroxylation is 1. The van der Waals surface area contributed by atoms with Crippen LogP contribution in [-0.4, -0.2) is 11.5 Å². The predicted molar refractivity (Wildman–Crippen MR) is 95.6 cm³/mol.